The van der Waals surface area contributed by atoms with Gasteiger partial charge in [0.15, 0.2) is 0 Å². The standard InChI is InChI=1S/C19H28N4O2/c1-19(2,3)16(24)12-22-8-10-23(11-9-22)13-17-20-15-7-5-4-6-14(15)18(25)21-17/h4-7,16,24H,8-13H2,1-3H3,(H,20,21,25). The van der Waals surface area contributed by atoms with Crippen molar-refractivity contribution in [2.45, 2.75) is 33.4 Å². The number of para-hydroxylation sites is 1. The van der Waals surface area contributed by atoms with Gasteiger partial charge in [-0.05, 0) is 17.5 Å². The maximum absolute atomic E-state index is 12.2. The molecule has 2 N–H and O–H groups in total. The highest BCUT2D eigenvalue weighted by molar-refractivity contribution is 5.77. The fourth-order valence-electron chi connectivity index (χ4n) is 3.07. The Hall–Kier alpha value is -1.76. The molecule has 2 aromatic rings. The summed E-state index contributed by atoms with van der Waals surface area (Å²) < 4.78 is 0. The first-order chi connectivity index (χ1) is 11.8. The molecule has 1 aromatic heterocycles. The molecule has 1 aliphatic heterocycles. The summed E-state index contributed by atoms with van der Waals surface area (Å²) in [6.07, 6.45) is -0.322. The number of benzene rings is 1. The fraction of sp³-hybridized carbons (Fsp3) is 0.579. The van der Waals surface area contributed by atoms with Crippen LogP contribution in [0.1, 0.15) is 26.6 Å². The minimum Gasteiger partial charge on any atom is -0.391 e. The summed E-state index contributed by atoms with van der Waals surface area (Å²) in [6.45, 7) is 11.2. The molecule has 0 spiro atoms. The molecule has 0 radical (unpaired) electrons. The number of aliphatic hydroxyl groups excluding tert-OH is 1. The number of β-amino-alcohol motifs (C(OH)–C–C–N with tert-alkyl or cyclic N) is 1. The van der Waals surface area contributed by atoms with Crippen LogP contribution in [0.5, 0.6) is 0 Å². The SMILES string of the molecule is CC(C)(C)C(O)CN1CCN(Cc2nc3ccccc3c(=O)[nH]2)CC1. The first kappa shape index (κ1) is 18.0. The number of hydrogen-bond donors (Lipinski definition) is 2. The number of piperazine rings is 1. The molecule has 6 heteroatoms. The van der Waals surface area contributed by atoms with E-state index in [9.17, 15) is 9.90 Å². The zero-order chi connectivity index (χ0) is 18.0. The number of nitrogens with one attached hydrogen (secondary N) is 1. The molecule has 1 unspecified atom stereocenters. The molecule has 3 rings (SSSR count). The van der Waals surface area contributed by atoms with Gasteiger partial charge in [0.05, 0.1) is 23.6 Å². The van der Waals surface area contributed by atoms with Crippen molar-refractivity contribution in [1.82, 2.24) is 19.8 Å². The van der Waals surface area contributed by atoms with Crippen LogP contribution in [-0.2, 0) is 6.54 Å². The molecule has 1 aliphatic rings. The number of hydrogen-bond acceptors (Lipinski definition) is 5. The maximum Gasteiger partial charge on any atom is 0.258 e. The van der Waals surface area contributed by atoms with Crippen LogP contribution in [0.2, 0.25) is 0 Å². The average molecular weight is 344 g/mol. The molecular formula is C19H28N4O2. The summed E-state index contributed by atoms with van der Waals surface area (Å²) in [5, 5.41) is 10.9. The highest BCUT2D eigenvalue weighted by atomic mass is 16.3. The lowest BCUT2D eigenvalue weighted by Gasteiger charge is -2.37. The molecule has 0 saturated carbocycles. The van der Waals surface area contributed by atoms with Crippen LogP contribution < -0.4 is 5.56 Å². The summed E-state index contributed by atoms with van der Waals surface area (Å²) in [4.78, 5) is 24.2. The fourth-order valence-corrected chi connectivity index (χ4v) is 3.07. The number of aromatic amines is 1. The lowest BCUT2D eigenvalue weighted by Crippen LogP contribution is -2.50. The normalized spacial score (nSPS) is 18.6. The Labute approximate surface area is 148 Å². The van der Waals surface area contributed by atoms with Crippen molar-refractivity contribution in [2.24, 2.45) is 5.41 Å². The quantitative estimate of drug-likeness (QED) is 0.878. The molecule has 1 atom stereocenters. The smallest absolute Gasteiger partial charge is 0.258 e. The van der Waals surface area contributed by atoms with Crippen LogP contribution in [0, 0.1) is 5.41 Å². The molecule has 0 aliphatic carbocycles. The van der Waals surface area contributed by atoms with E-state index in [1.165, 1.54) is 0 Å². The van der Waals surface area contributed by atoms with Gasteiger partial charge in [-0.15, -0.1) is 0 Å². The van der Waals surface area contributed by atoms with Gasteiger partial charge in [-0.25, -0.2) is 4.98 Å². The Morgan fingerprint density at radius 1 is 1.16 bits per heavy atom. The molecule has 0 bridgehead atoms. The molecule has 1 aromatic carbocycles. The predicted molar refractivity (Wildman–Crippen MR) is 99.5 cm³/mol. The summed E-state index contributed by atoms with van der Waals surface area (Å²) in [5.41, 5.74) is 0.576. The molecule has 136 valence electrons. The van der Waals surface area contributed by atoms with Crippen molar-refractivity contribution >= 4 is 10.9 Å². The van der Waals surface area contributed by atoms with Gasteiger partial charge in [0.1, 0.15) is 5.82 Å². The maximum atomic E-state index is 12.2. The lowest BCUT2D eigenvalue weighted by molar-refractivity contribution is 0.0123. The van der Waals surface area contributed by atoms with Gasteiger partial charge >= 0.3 is 0 Å². The van der Waals surface area contributed by atoms with Crippen LogP contribution >= 0.6 is 0 Å². The van der Waals surface area contributed by atoms with Crippen LogP contribution in [0.3, 0.4) is 0 Å². The first-order valence-electron chi connectivity index (χ1n) is 8.93. The van der Waals surface area contributed by atoms with E-state index in [0.717, 1.165) is 31.7 Å². The van der Waals surface area contributed by atoms with Gasteiger partial charge < -0.3 is 10.1 Å². The molecule has 6 nitrogen and oxygen atoms in total. The molecule has 25 heavy (non-hydrogen) atoms. The van der Waals surface area contributed by atoms with Gasteiger partial charge in [0, 0.05) is 32.7 Å². The number of nitrogens with zero attached hydrogens (tertiary/aromatic N) is 3. The van der Waals surface area contributed by atoms with Crippen molar-refractivity contribution in [3.63, 3.8) is 0 Å². The third kappa shape index (κ3) is 4.45. The third-order valence-corrected chi connectivity index (χ3v) is 4.93. The molecule has 1 fully saturated rings. The molecule has 0 amide bonds. The Kier molecular flexibility index (Phi) is 5.22. The van der Waals surface area contributed by atoms with E-state index in [0.29, 0.717) is 24.3 Å². The van der Waals surface area contributed by atoms with E-state index in [1.54, 1.807) is 6.07 Å². The summed E-state index contributed by atoms with van der Waals surface area (Å²) >= 11 is 0. The Bertz CT molecular complexity index is 773. The summed E-state index contributed by atoms with van der Waals surface area (Å²) in [7, 11) is 0. The van der Waals surface area contributed by atoms with Crippen LogP contribution in [0.15, 0.2) is 29.1 Å². The second-order valence-corrected chi connectivity index (χ2v) is 7.99. The second-order valence-electron chi connectivity index (χ2n) is 7.99. The monoisotopic (exact) mass is 344 g/mol. The van der Waals surface area contributed by atoms with Crippen molar-refractivity contribution in [1.29, 1.82) is 0 Å². The van der Waals surface area contributed by atoms with Crippen molar-refractivity contribution in [2.75, 3.05) is 32.7 Å². The number of H-pyrrole nitrogens is 1. The Morgan fingerprint density at radius 2 is 1.80 bits per heavy atom. The summed E-state index contributed by atoms with van der Waals surface area (Å²) in [6, 6.07) is 7.42. The Morgan fingerprint density at radius 3 is 2.48 bits per heavy atom. The largest absolute Gasteiger partial charge is 0.391 e. The van der Waals surface area contributed by atoms with Crippen LogP contribution in [0.4, 0.5) is 0 Å². The van der Waals surface area contributed by atoms with E-state index in [4.69, 9.17) is 0 Å². The van der Waals surface area contributed by atoms with E-state index in [-0.39, 0.29) is 17.1 Å². The van der Waals surface area contributed by atoms with Gasteiger partial charge in [-0.2, -0.15) is 0 Å². The minimum absolute atomic E-state index is 0.0764. The number of fused-ring (bicyclic) bond motifs is 1. The van der Waals surface area contributed by atoms with Crippen LogP contribution in [-0.4, -0.2) is 63.7 Å². The average Bonchev–Trinajstić information content (AvgIpc) is 2.56. The zero-order valence-corrected chi connectivity index (χ0v) is 15.3. The predicted octanol–water partition coefficient (Wildman–Crippen LogP) is 1.45. The van der Waals surface area contributed by atoms with E-state index in [1.807, 2.05) is 18.2 Å². The summed E-state index contributed by atoms with van der Waals surface area (Å²) in [5.74, 6) is 0.715. The minimum atomic E-state index is -0.322. The van der Waals surface area contributed by atoms with Gasteiger partial charge in [-0.3, -0.25) is 14.6 Å². The molecule has 2 heterocycles. The van der Waals surface area contributed by atoms with Crippen molar-refractivity contribution in [3.8, 4) is 0 Å². The number of aromatic nitrogens is 2. The number of rotatable bonds is 4. The van der Waals surface area contributed by atoms with Crippen LogP contribution in [0.25, 0.3) is 10.9 Å². The van der Waals surface area contributed by atoms with Gasteiger partial charge in [0.25, 0.3) is 5.56 Å². The lowest BCUT2D eigenvalue weighted by atomic mass is 9.89. The van der Waals surface area contributed by atoms with Gasteiger partial charge in [0.2, 0.25) is 0 Å². The third-order valence-electron chi connectivity index (χ3n) is 4.93. The molecule has 1 saturated heterocycles. The van der Waals surface area contributed by atoms with E-state index < -0.39 is 0 Å². The van der Waals surface area contributed by atoms with E-state index >= 15 is 0 Å². The van der Waals surface area contributed by atoms with Gasteiger partial charge in [-0.1, -0.05) is 32.9 Å². The second kappa shape index (κ2) is 7.23. The topological polar surface area (TPSA) is 72.5 Å². The zero-order valence-electron chi connectivity index (χ0n) is 15.3. The Balaban J connectivity index is 1.58. The highest BCUT2D eigenvalue weighted by Gasteiger charge is 2.26. The first-order valence-corrected chi connectivity index (χ1v) is 8.93. The van der Waals surface area contributed by atoms with Crippen molar-refractivity contribution in [3.05, 3.63) is 40.4 Å². The molecular weight excluding hydrogens is 316 g/mol. The highest BCUT2D eigenvalue weighted by Crippen LogP contribution is 2.20. The number of aliphatic hydroxyl groups is 1. The van der Waals surface area contributed by atoms with Crippen molar-refractivity contribution < 1.29 is 5.11 Å². The van der Waals surface area contributed by atoms with E-state index in [2.05, 4.69) is 40.5 Å².